The highest BCUT2D eigenvalue weighted by molar-refractivity contribution is 6.17. The van der Waals surface area contributed by atoms with Crippen LogP contribution in [-0.4, -0.2) is 0 Å². The van der Waals surface area contributed by atoms with Crippen molar-refractivity contribution in [2.45, 2.75) is 31.6 Å². The van der Waals surface area contributed by atoms with Gasteiger partial charge >= 0.3 is 0 Å². The fourth-order valence-electron chi connectivity index (χ4n) is 2.24. The van der Waals surface area contributed by atoms with E-state index in [9.17, 15) is 0 Å². The third kappa shape index (κ3) is 3.89. The molecule has 2 aromatic carbocycles. The first-order chi connectivity index (χ1) is 8.90. The van der Waals surface area contributed by atoms with Gasteiger partial charge in [0, 0.05) is 5.88 Å². The molecule has 0 saturated carbocycles. The first-order valence-electron chi connectivity index (χ1n) is 6.57. The molecule has 0 aromatic heterocycles. The van der Waals surface area contributed by atoms with Crippen LogP contribution in [0.25, 0.3) is 0 Å². The van der Waals surface area contributed by atoms with Gasteiger partial charge in [-0.2, -0.15) is 0 Å². The molecular weight excluding hydrogens is 240 g/mol. The number of hydrogen-bond donors (Lipinski definition) is 0. The Bertz CT molecular complexity index is 437. The standard InChI is InChI=1S/C10H12.C7H7Cl/c1-2-6-10-8-4-3-7-9(10)5-1;8-6-7-4-2-1-3-5-7/h1-2,5-6H,3-4,7-8H2;1-5H,6H2. The molecule has 0 radical (unpaired) electrons. The number of fused-ring (bicyclic) bond motifs is 1. The molecule has 0 aliphatic heterocycles. The molecule has 0 amide bonds. The van der Waals surface area contributed by atoms with Gasteiger partial charge in [-0.25, -0.2) is 0 Å². The summed E-state index contributed by atoms with van der Waals surface area (Å²) in [7, 11) is 0. The molecule has 0 heterocycles. The van der Waals surface area contributed by atoms with E-state index in [1.54, 1.807) is 11.1 Å². The van der Waals surface area contributed by atoms with E-state index in [1.807, 2.05) is 30.3 Å². The molecule has 0 nitrogen and oxygen atoms in total. The summed E-state index contributed by atoms with van der Waals surface area (Å²) >= 11 is 5.53. The van der Waals surface area contributed by atoms with Crippen molar-refractivity contribution in [3.05, 3.63) is 71.3 Å². The van der Waals surface area contributed by atoms with Crippen LogP contribution in [0.3, 0.4) is 0 Å². The van der Waals surface area contributed by atoms with Gasteiger partial charge in [-0.3, -0.25) is 0 Å². The number of alkyl halides is 1. The molecule has 1 aliphatic rings. The predicted octanol–water partition coefficient (Wildman–Crippen LogP) is 4.99. The molecule has 2 aromatic rings. The van der Waals surface area contributed by atoms with Crippen LogP contribution in [0, 0.1) is 0 Å². The molecule has 0 fully saturated rings. The quantitative estimate of drug-likeness (QED) is 0.632. The van der Waals surface area contributed by atoms with Crippen LogP contribution in [0.2, 0.25) is 0 Å². The van der Waals surface area contributed by atoms with Crippen molar-refractivity contribution in [3.8, 4) is 0 Å². The van der Waals surface area contributed by atoms with Gasteiger partial charge in [-0.05, 0) is 42.4 Å². The minimum Gasteiger partial charge on any atom is -0.122 e. The van der Waals surface area contributed by atoms with Gasteiger partial charge in [-0.15, -0.1) is 11.6 Å². The maximum absolute atomic E-state index is 5.53. The van der Waals surface area contributed by atoms with Crippen molar-refractivity contribution >= 4 is 11.6 Å². The Hall–Kier alpha value is -1.27. The second-order valence-electron chi connectivity index (χ2n) is 4.60. The Labute approximate surface area is 115 Å². The summed E-state index contributed by atoms with van der Waals surface area (Å²) in [6.07, 6.45) is 5.38. The zero-order valence-corrected chi connectivity index (χ0v) is 11.4. The van der Waals surface area contributed by atoms with Gasteiger partial charge in [0.25, 0.3) is 0 Å². The average molecular weight is 259 g/mol. The van der Waals surface area contributed by atoms with Crippen LogP contribution in [0.15, 0.2) is 54.6 Å². The third-order valence-corrected chi connectivity index (χ3v) is 3.57. The lowest BCUT2D eigenvalue weighted by molar-refractivity contribution is 0.685. The van der Waals surface area contributed by atoms with E-state index < -0.39 is 0 Å². The molecule has 0 atom stereocenters. The van der Waals surface area contributed by atoms with E-state index in [0.717, 1.165) is 0 Å². The topological polar surface area (TPSA) is 0 Å². The van der Waals surface area contributed by atoms with E-state index in [4.69, 9.17) is 11.6 Å². The summed E-state index contributed by atoms with van der Waals surface area (Å²) in [5.41, 5.74) is 4.33. The highest BCUT2D eigenvalue weighted by Crippen LogP contribution is 2.19. The number of hydrogen-bond acceptors (Lipinski definition) is 0. The lowest BCUT2D eigenvalue weighted by Crippen LogP contribution is -2.00. The van der Waals surface area contributed by atoms with Gasteiger partial charge < -0.3 is 0 Å². The second kappa shape index (κ2) is 7.23. The smallest absolute Gasteiger partial charge is 0.0474 e. The van der Waals surface area contributed by atoms with Gasteiger partial charge in [0.1, 0.15) is 0 Å². The minimum absolute atomic E-state index is 0.612. The number of halogens is 1. The molecule has 1 heteroatoms. The highest BCUT2D eigenvalue weighted by atomic mass is 35.5. The lowest BCUT2D eigenvalue weighted by Gasteiger charge is -2.13. The van der Waals surface area contributed by atoms with Crippen molar-refractivity contribution in [2.24, 2.45) is 0 Å². The molecule has 0 unspecified atom stereocenters. The van der Waals surface area contributed by atoms with Crippen molar-refractivity contribution in [1.82, 2.24) is 0 Å². The molecule has 3 rings (SSSR count). The van der Waals surface area contributed by atoms with E-state index >= 15 is 0 Å². The fraction of sp³-hybridized carbons (Fsp3) is 0.294. The van der Waals surface area contributed by atoms with Gasteiger partial charge in [0.05, 0.1) is 0 Å². The van der Waals surface area contributed by atoms with Gasteiger partial charge in [0.2, 0.25) is 0 Å². The maximum Gasteiger partial charge on any atom is 0.0474 e. The lowest BCUT2D eigenvalue weighted by atomic mass is 9.92. The zero-order valence-electron chi connectivity index (χ0n) is 10.6. The molecule has 0 spiro atoms. The van der Waals surface area contributed by atoms with Crippen molar-refractivity contribution in [3.63, 3.8) is 0 Å². The van der Waals surface area contributed by atoms with Crippen LogP contribution in [0.4, 0.5) is 0 Å². The van der Waals surface area contributed by atoms with Crippen LogP contribution < -0.4 is 0 Å². The third-order valence-electron chi connectivity index (χ3n) is 3.26. The number of benzene rings is 2. The van der Waals surface area contributed by atoms with Crippen LogP contribution in [0.1, 0.15) is 29.5 Å². The van der Waals surface area contributed by atoms with E-state index in [0.29, 0.717) is 5.88 Å². The monoisotopic (exact) mass is 258 g/mol. The molecule has 94 valence electrons. The average Bonchev–Trinajstić information content (AvgIpc) is 2.49. The molecule has 18 heavy (non-hydrogen) atoms. The van der Waals surface area contributed by atoms with Crippen molar-refractivity contribution in [1.29, 1.82) is 0 Å². The Morgan fingerprint density at radius 3 is 1.67 bits per heavy atom. The van der Waals surface area contributed by atoms with Gasteiger partial charge in [0.15, 0.2) is 0 Å². The van der Waals surface area contributed by atoms with E-state index in [2.05, 4.69) is 24.3 Å². The Morgan fingerprint density at radius 2 is 1.22 bits per heavy atom. The SMILES string of the molecule is ClCc1ccccc1.c1ccc2c(c1)CCCC2. The summed E-state index contributed by atoms with van der Waals surface area (Å²) < 4.78 is 0. The van der Waals surface area contributed by atoms with Crippen LogP contribution in [0.5, 0.6) is 0 Å². The highest BCUT2D eigenvalue weighted by Gasteiger charge is 2.05. The summed E-state index contributed by atoms with van der Waals surface area (Å²) in [6, 6.07) is 18.8. The Morgan fingerprint density at radius 1 is 0.722 bits per heavy atom. The molecular formula is C17H19Cl. The fourth-order valence-corrected chi connectivity index (χ4v) is 2.42. The van der Waals surface area contributed by atoms with Crippen molar-refractivity contribution in [2.75, 3.05) is 0 Å². The largest absolute Gasteiger partial charge is 0.122 e. The number of aryl methyl sites for hydroxylation is 2. The van der Waals surface area contributed by atoms with Crippen molar-refractivity contribution < 1.29 is 0 Å². The first kappa shape index (κ1) is 13.2. The normalized spacial score (nSPS) is 13.2. The molecule has 0 bridgehead atoms. The number of rotatable bonds is 1. The summed E-state index contributed by atoms with van der Waals surface area (Å²) in [6.45, 7) is 0. The first-order valence-corrected chi connectivity index (χ1v) is 7.10. The molecule has 0 saturated heterocycles. The van der Waals surface area contributed by atoms with E-state index in [-0.39, 0.29) is 0 Å². The van der Waals surface area contributed by atoms with Gasteiger partial charge in [-0.1, -0.05) is 54.6 Å². The predicted molar refractivity (Wildman–Crippen MR) is 79.1 cm³/mol. The van der Waals surface area contributed by atoms with Crippen LogP contribution in [-0.2, 0) is 18.7 Å². The second-order valence-corrected chi connectivity index (χ2v) is 4.86. The Kier molecular flexibility index (Phi) is 5.29. The van der Waals surface area contributed by atoms with Crippen LogP contribution >= 0.6 is 11.6 Å². The summed E-state index contributed by atoms with van der Waals surface area (Å²) in [5, 5.41) is 0. The van der Waals surface area contributed by atoms with E-state index in [1.165, 1.54) is 31.2 Å². The zero-order chi connectivity index (χ0) is 12.6. The molecule has 1 aliphatic carbocycles. The minimum atomic E-state index is 0.612. The Balaban J connectivity index is 0.000000138. The maximum atomic E-state index is 5.53. The molecule has 0 N–H and O–H groups in total. The summed E-state index contributed by atoms with van der Waals surface area (Å²) in [4.78, 5) is 0. The summed E-state index contributed by atoms with van der Waals surface area (Å²) in [5.74, 6) is 0.612.